The summed E-state index contributed by atoms with van der Waals surface area (Å²) in [5.74, 6) is 0.923. The highest BCUT2D eigenvalue weighted by atomic mass is 16.6. The Morgan fingerprint density at radius 3 is 2.46 bits per heavy atom. The van der Waals surface area contributed by atoms with Crippen molar-refractivity contribution in [1.29, 1.82) is 0 Å². The molecule has 0 aliphatic heterocycles. The molecule has 0 heterocycles. The molecular formula is C18H21N3O5. The van der Waals surface area contributed by atoms with Crippen molar-refractivity contribution in [3.05, 3.63) is 58.1 Å². The minimum absolute atomic E-state index is 0.159. The molecule has 8 heteroatoms. The molecule has 1 N–H and O–H groups in total. The van der Waals surface area contributed by atoms with Gasteiger partial charge in [0, 0.05) is 32.3 Å². The van der Waals surface area contributed by atoms with Gasteiger partial charge in [-0.15, -0.1) is 0 Å². The Labute approximate surface area is 151 Å². The number of urea groups is 1. The van der Waals surface area contributed by atoms with Crippen LogP contribution in [-0.4, -0.2) is 43.7 Å². The van der Waals surface area contributed by atoms with Gasteiger partial charge in [-0.1, -0.05) is 12.1 Å². The number of carbonyl (C=O) groups excluding carboxylic acids is 1. The first-order chi connectivity index (χ1) is 12.4. The van der Waals surface area contributed by atoms with E-state index >= 15 is 0 Å². The molecule has 26 heavy (non-hydrogen) atoms. The molecule has 2 aromatic rings. The van der Waals surface area contributed by atoms with Crippen LogP contribution in [0, 0.1) is 10.1 Å². The molecule has 0 radical (unpaired) electrons. The van der Waals surface area contributed by atoms with E-state index in [1.165, 1.54) is 17.0 Å². The second-order valence-corrected chi connectivity index (χ2v) is 5.71. The fourth-order valence-corrected chi connectivity index (χ4v) is 2.17. The number of amides is 2. The van der Waals surface area contributed by atoms with Crippen LogP contribution in [0.1, 0.15) is 5.56 Å². The normalized spacial score (nSPS) is 10.1. The Morgan fingerprint density at radius 1 is 1.19 bits per heavy atom. The number of hydrogen-bond donors (Lipinski definition) is 1. The molecule has 0 spiro atoms. The maximum Gasteiger partial charge on any atom is 0.321 e. The zero-order valence-corrected chi connectivity index (χ0v) is 14.9. The number of methoxy groups -OCH3 is 1. The molecule has 2 aromatic carbocycles. The van der Waals surface area contributed by atoms with Crippen molar-refractivity contribution in [2.45, 2.75) is 6.42 Å². The number of nitro groups is 1. The van der Waals surface area contributed by atoms with Crippen LogP contribution in [0.4, 0.5) is 16.2 Å². The Hall–Kier alpha value is -3.29. The van der Waals surface area contributed by atoms with Crippen molar-refractivity contribution < 1.29 is 19.2 Å². The lowest BCUT2D eigenvalue weighted by atomic mass is 10.1. The van der Waals surface area contributed by atoms with Crippen LogP contribution in [0.25, 0.3) is 0 Å². The zero-order chi connectivity index (χ0) is 19.1. The summed E-state index contributed by atoms with van der Waals surface area (Å²) in [6.07, 6.45) is 0.597. The van der Waals surface area contributed by atoms with Crippen LogP contribution >= 0.6 is 0 Å². The van der Waals surface area contributed by atoms with Gasteiger partial charge in [0.2, 0.25) is 0 Å². The Bertz CT molecular complexity index is 775. The predicted octanol–water partition coefficient (Wildman–Crippen LogP) is 3.32. The number of benzene rings is 2. The summed E-state index contributed by atoms with van der Waals surface area (Å²) in [5.41, 5.74) is 1.16. The van der Waals surface area contributed by atoms with Crippen LogP contribution in [0.5, 0.6) is 11.5 Å². The third-order valence-corrected chi connectivity index (χ3v) is 3.62. The van der Waals surface area contributed by atoms with Crippen LogP contribution in [0.3, 0.4) is 0 Å². The molecule has 138 valence electrons. The van der Waals surface area contributed by atoms with Gasteiger partial charge < -0.3 is 19.7 Å². The maximum atomic E-state index is 11.7. The van der Waals surface area contributed by atoms with E-state index in [0.717, 1.165) is 11.3 Å². The molecule has 0 aliphatic carbocycles. The van der Waals surface area contributed by atoms with E-state index in [2.05, 4.69) is 5.32 Å². The molecule has 0 saturated heterocycles. The molecule has 0 saturated carbocycles. The predicted molar refractivity (Wildman–Crippen MR) is 98.0 cm³/mol. The molecule has 0 fully saturated rings. The van der Waals surface area contributed by atoms with Crippen molar-refractivity contribution in [1.82, 2.24) is 4.90 Å². The van der Waals surface area contributed by atoms with Gasteiger partial charge in [0.1, 0.15) is 5.75 Å². The Balaban J connectivity index is 2.03. The fourth-order valence-electron chi connectivity index (χ4n) is 2.17. The average molecular weight is 359 g/mol. The number of anilines is 1. The van der Waals surface area contributed by atoms with Gasteiger partial charge in [0.05, 0.1) is 18.6 Å². The summed E-state index contributed by atoms with van der Waals surface area (Å²) in [7, 11) is 4.77. The van der Waals surface area contributed by atoms with E-state index < -0.39 is 4.92 Å². The summed E-state index contributed by atoms with van der Waals surface area (Å²) in [4.78, 5) is 23.7. The van der Waals surface area contributed by atoms with E-state index in [1.54, 1.807) is 27.3 Å². The largest absolute Gasteiger partial charge is 0.497 e. The van der Waals surface area contributed by atoms with Crippen molar-refractivity contribution >= 4 is 17.4 Å². The summed E-state index contributed by atoms with van der Waals surface area (Å²) < 4.78 is 10.7. The highest BCUT2D eigenvalue weighted by Crippen LogP contribution is 2.30. The third-order valence-electron chi connectivity index (χ3n) is 3.62. The number of rotatable bonds is 7. The summed E-state index contributed by atoms with van der Waals surface area (Å²) >= 11 is 0. The van der Waals surface area contributed by atoms with Crippen LogP contribution < -0.4 is 14.8 Å². The van der Waals surface area contributed by atoms with Crippen LogP contribution in [0.2, 0.25) is 0 Å². The second kappa shape index (κ2) is 8.70. The van der Waals surface area contributed by atoms with Gasteiger partial charge in [0.15, 0.2) is 5.75 Å². The van der Waals surface area contributed by atoms with Crippen molar-refractivity contribution in [2.24, 2.45) is 0 Å². The molecule has 0 atom stereocenters. The monoisotopic (exact) mass is 359 g/mol. The van der Waals surface area contributed by atoms with E-state index in [9.17, 15) is 14.9 Å². The quantitative estimate of drug-likeness (QED) is 0.604. The third kappa shape index (κ3) is 5.10. The standard InChI is InChI=1S/C18H21N3O5/c1-20(2)18(22)19-14-6-9-17(16(12-14)21(23)24)26-11-10-13-4-7-15(25-3)8-5-13/h4-9,12H,10-11H2,1-3H3,(H,19,22). The summed E-state index contributed by atoms with van der Waals surface area (Å²) in [6.45, 7) is 0.288. The summed E-state index contributed by atoms with van der Waals surface area (Å²) in [5, 5.41) is 13.9. The van der Waals surface area contributed by atoms with Gasteiger partial charge in [-0.3, -0.25) is 10.1 Å². The van der Waals surface area contributed by atoms with E-state index in [-0.39, 0.29) is 24.1 Å². The highest BCUT2D eigenvalue weighted by molar-refractivity contribution is 5.89. The van der Waals surface area contributed by atoms with Gasteiger partial charge in [-0.2, -0.15) is 0 Å². The van der Waals surface area contributed by atoms with Crippen LogP contribution in [0.15, 0.2) is 42.5 Å². The van der Waals surface area contributed by atoms with Crippen molar-refractivity contribution in [2.75, 3.05) is 33.1 Å². The Kier molecular flexibility index (Phi) is 6.37. The lowest BCUT2D eigenvalue weighted by Crippen LogP contribution is -2.27. The molecular weight excluding hydrogens is 338 g/mol. The number of nitrogens with one attached hydrogen (secondary N) is 1. The molecule has 2 rings (SSSR count). The van der Waals surface area contributed by atoms with Crippen molar-refractivity contribution in [3.63, 3.8) is 0 Å². The minimum Gasteiger partial charge on any atom is -0.497 e. The van der Waals surface area contributed by atoms with Crippen LogP contribution in [-0.2, 0) is 6.42 Å². The maximum absolute atomic E-state index is 11.7. The first-order valence-electron chi connectivity index (χ1n) is 7.93. The molecule has 0 aromatic heterocycles. The molecule has 2 amide bonds. The molecule has 0 unspecified atom stereocenters. The number of ether oxygens (including phenoxy) is 2. The van der Waals surface area contributed by atoms with Crippen molar-refractivity contribution in [3.8, 4) is 11.5 Å². The number of hydrogen-bond acceptors (Lipinski definition) is 5. The highest BCUT2D eigenvalue weighted by Gasteiger charge is 2.17. The van der Waals surface area contributed by atoms with E-state index in [4.69, 9.17) is 9.47 Å². The van der Waals surface area contributed by atoms with E-state index in [1.807, 2.05) is 24.3 Å². The first-order valence-corrected chi connectivity index (χ1v) is 7.93. The summed E-state index contributed by atoms with van der Waals surface area (Å²) in [6, 6.07) is 11.5. The Morgan fingerprint density at radius 2 is 1.88 bits per heavy atom. The second-order valence-electron chi connectivity index (χ2n) is 5.71. The van der Waals surface area contributed by atoms with Gasteiger partial charge in [0.25, 0.3) is 0 Å². The first kappa shape index (κ1) is 19.0. The smallest absolute Gasteiger partial charge is 0.321 e. The number of nitro benzene ring substituents is 1. The molecule has 0 bridgehead atoms. The topological polar surface area (TPSA) is 93.9 Å². The molecule has 8 nitrogen and oxygen atoms in total. The van der Waals surface area contributed by atoms with Gasteiger partial charge >= 0.3 is 11.7 Å². The van der Waals surface area contributed by atoms with Gasteiger partial charge in [-0.25, -0.2) is 4.79 Å². The molecule has 0 aliphatic rings. The average Bonchev–Trinajstić information content (AvgIpc) is 2.63. The lowest BCUT2D eigenvalue weighted by Gasteiger charge is -2.13. The lowest BCUT2D eigenvalue weighted by molar-refractivity contribution is -0.385. The number of nitrogens with zero attached hydrogens (tertiary/aromatic N) is 2. The fraction of sp³-hybridized carbons (Fsp3) is 0.278. The minimum atomic E-state index is -0.534. The number of carbonyl (C=O) groups is 1. The van der Waals surface area contributed by atoms with E-state index in [0.29, 0.717) is 12.1 Å². The SMILES string of the molecule is COc1ccc(CCOc2ccc(NC(=O)N(C)C)cc2[N+](=O)[O-])cc1. The zero-order valence-electron chi connectivity index (χ0n) is 14.9. The van der Waals surface area contributed by atoms with Gasteiger partial charge in [-0.05, 0) is 29.8 Å².